The van der Waals surface area contributed by atoms with Crippen molar-refractivity contribution in [3.05, 3.63) is 88.6 Å². The molecule has 0 radical (unpaired) electrons. The Kier molecular flexibility index (Phi) is 8.55. The molecule has 5 heterocycles. The first-order chi connectivity index (χ1) is 21.8. The molecule has 4 aromatic heterocycles. The summed E-state index contributed by atoms with van der Waals surface area (Å²) < 4.78 is 55.8. The molecule has 9 nitrogen and oxygen atoms in total. The molecule has 0 saturated carbocycles. The van der Waals surface area contributed by atoms with Crippen LogP contribution in [0.1, 0.15) is 5.69 Å². The van der Waals surface area contributed by atoms with Crippen molar-refractivity contribution in [2.24, 2.45) is 0 Å². The molecule has 0 spiro atoms. The second-order valence-corrected chi connectivity index (χ2v) is 11.3. The van der Waals surface area contributed by atoms with E-state index in [1.807, 2.05) is 22.2 Å². The van der Waals surface area contributed by atoms with E-state index in [4.69, 9.17) is 19.6 Å². The Morgan fingerprint density at radius 1 is 1.13 bits per heavy atom. The molecule has 1 amide bonds. The minimum atomic E-state index is -2.72. The summed E-state index contributed by atoms with van der Waals surface area (Å²) in [6.07, 6.45) is -0.0631. The summed E-state index contributed by atoms with van der Waals surface area (Å²) >= 11 is 1.43. The van der Waals surface area contributed by atoms with Crippen LogP contribution in [0.15, 0.2) is 71.5 Å². The number of ether oxygens (including phenoxy) is 2. The van der Waals surface area contributed by atoms with Gasteiger partial charge in [-0.1, -0.05) is 6.58 Å². The maximum atomic E-state index is 14.5. The highest BCUT2D eigenvalue weighted by atomic mass is 32.1. The van der Waals surface area contributed by atoms with Crippen LogP contribution in [0.2, 0.25) is 0 Å². The predicted octanol–water partition coefficient (Wildman–Crippen LogP) is 5.61. The summed E-state index contributed by atoms with van der Waals surface area (Å²) in [5, 5.41) is 7.44. The molecule has 232 valence electrons. The summed E-state index contributed by atoms with van der Waals surface area (Å²) in [7, 11) is 1.54. The predicted molar refractivity (Wildman–Crippen MR) is 165 cm³/mol. The molecule has 45 heavy (non-hydrogen) atoms. The number of hydrogen-bond acceptors (Lipinski definition) is 7. The van der Waals surface area contributed by atoms with Crippen molar-refractivity contribution < 1.29 is 27.4 Å². The van der Waals surface area contributed by atoms with E-state index < -0.39 is 24.3 Å². The number of aromatic nitrogens is 4. The third-order valence-electron chi connectivity index (χ3n) is 7.48. The smallest absolute Gasteiger partial charge is 0.256 e. The highest BCUT2D eigenvalue weighted by Crippen LogP contribution is 2.46. The van der Waals surface area contributed by atoms with Crippen LogP contribution in [0.3, 0.4) is 0 Å². The van der Waals surface area contributed by atoms with Gasteiger partial charge in [0.25, 0.3) is 12.0 Å². The molecule has 0 fully saturated rings. The molecule has 0 atom stereocenters. The zero-order chi connectivity index (χ0) is 31.7. The number of carbonyl (C=O) groups is 1. The van der Waals surface area contributed by atoms with Gasteiger partial charge < -0.3 is 18.9 Å². The monoisotopic (exact) mass is 635 g/mol. The van der Waals surface area contributed by atoms with Crippen molar-refractivity contribution in [2.75, 3.05) is 26.9 Å². The fourth-order valence-corrected chi connectivity index (χ4v) is 6.36. The lowest BCUT2D eigenvalue weighted by molar-refractivity contribution is -0.127. The van der Waals surface area contributed by atoms with E-state index >= 15 is 0 Å². The number of alkyl halides is 2. The summed E-state index contributed by atoms with van der Waals surface area (Å²) in [6, 6.07) is 10.8. The minimum absolute atomic E-state index is 0.180. The number of benzene rings is 1. The van der Waals surface area contributed by atoms with Crippen molar-refractivity contribution >= 4 is 27.3 Å². The number of fused-ring (bicyclic) bond motifs is 2. The lowest BCUT2D eigenvalue weighted by Crippen LogP contribution is -2.37. The van der Waals surface area contributed by atoms with Crippen molar-refractivity contribution in [3.8, 4) is 39.5 Å². The van der Waals surface area contributed by atoms with Gasteiger partial charge >= 0.3 is 0 Å². The summed E-state index contributed by atoms with van der Waals surface area (Å²) in [5.74, 6) is -0.381. The Bertz CT molecular complexity index is 1970. The molecule has 5 aromatic rings. The summed E-state index contributed by atoms with van der Waals surface area (Å²) in [5.41, 5.74) is 3.32. The summed E-state index contributed by atoms with van der Waals surface area (Å²) in [4.78, 5) is 31.5. The van der Waals surface area contributed by atoms with Crippen LogP contribution in [0, 0.1) is 5.82 Å². The number of methoxy groups -OCH3 is 1. The molecular formula is C32H28F3N5O4S. The maximum absolute atomic E-state index is 14.5. The van der Waals surface area contributed by atoms with E-state index in [0.29, 0.717) is 58.8 Å². The van der Waals surface area contributed by atoms with Crippen LogP contribution in [0.4, 0.5) is 13.2 Å². The van der Waals surface area contributed by atoms with Gasteiger partial charge in [-0.15, -0.1) is 11.3 Å². The highest BCUT2D eigenvalue weighted by molar-refractivity contribution is 7.18. The average Bonchev–Trinajstić information content (AvgIpc) is 3.69. The van der Waals surface area contributed by atoms with Crippen LogP contribution >= 0.6 is 11.3 Å². The number of nitrogens with zero attached hydrogens (tertiary/aromatic N) is 5. The van der Waals surface area contributed by atoms with Gasteiger partial charge in [-0.25, -0.2) is 18.2 Å². The molecule has 0 aliphatic carbocycles. The number of thiophene rings is 1. The molecule has 1 aliphatic heterocycles. The topological polar surface area (TPSA) is 91.5 Å². The van der Waals surface area contributed by atoms with E-state index in [0.717, 1.165) is 15.0 Å². The van der Waals surface area contributed by atoms with Gasteiger partial charge in [0.2, 0.25) is 5.91 Å². The molecule has 0 N–H and O–H groups in total. The molecule has 1 aliphatic rings. The number of carbonyl (C=O) groups excluding carboxylic acids is 1. The minimum Gasteiger partial charge on any atom is -0.490 e. The van der Waals surface area contributed by atoms with Gasteiger partial charge in [0.15, 0.2) is 0 Å². The Labute approximate surface area is 259 Å². The maximum Gasteiger partial charge on any atom is 0.256 e. The van der Waals surface area contributed by atoms with E-state index in [1.165, 1.54) is 41.8 Å². The van der Waals surface area contributed by atoms with Crippen LogP contribution in [0.5, 0.6) is 5.75 Å². The molecule has 0 bridgehead atoms. The summed E-state index contributed by atoms with van der Waals surface area (Å²) in [6.45, 7) is 4.53. The molecule has 0 saturated heterocycles. The normalized spacial score (nSPS) is 13.0. The molecule has 1 aromatic carbocycles. The quantitative estimate of drug-likeness (QED) is 0.146. The fourth-order valence-electron chi connectivity index (χ4n) is 5.40. The van der Waals surface area contributed by atoms with Crippen molar-refractivity contribution in [2.45, 2.75) is 26.1 Å². The Balaban J connectivity index is 1.59. The van der Waals surface area contributed by atoms with Gasteiger partial charge in [-0.05, 0) is 41.8 Å². The largest absolute Gasteiger partial charge is 0.490 e. The van der Waals surface area contributed by atoms with Gasteiger partial charge in [0.1, 0.15) is 29.6 Å². The lowest BCUT2D eigenvalue weighted by atomic mass is 9.97. The standard InChI is InChI=1S/C32H28F3N5O4S/c1-3-27(41)38-9-10-40-21(17-38)15-24(37-40)31-29(22-6-5-20(33)14-25(22)44-12-11-43-2)32-23(8-13-45-32)30(36-31)19-4-7-28(42)39(16-19)18-26(34)35/h3-8,13-16,26H,1,9-12,17-18H2,2H3. The van der Waals surface area contributed by atoms with Crippen LogP contribution in [-0.4, -0.2) is 63.4 Å². The lowest BCUT2D eigenvalue weighted by Gasteiger charge is -2.26. The number of hydrogen-bond donors (Lipinski definition) is 0. The van der Waals surface area contributed by atoms with Crippen molar-refractivity contribution in [3.63, 3.8) is 0 Å². The Hall–Kier alpha value is -4.75. The van der Waals surface area contributed by atoms with E-state index in [9.17, 15) is 22.8 Å². The second kappa shape index (κ2) is 12.7. The second-order valence-electron chi connectivity index (χ2n) is 10.3. The number of pyridine rings is 2. The Morgan fingerprint density at radius 3 is 2.76 bits per heavy atom. The number of amides is 1. The Morgan fingerprint density at radius 2 is 1.98 bits per heavy atom. The first-order valence-corrected chi connectivity index (χ1v) is 15.0. The van der Waals surface area contributed by atoms with Crippen molar-refractivity contribution in [1.29, 1.82) is 0 Å². The van der Waals surface area contributed by atoms with Crippen LogP contribution in [0.25, 0.3) is 43.9 Å². The first kappa shape index (κ1) is 30.3. The molecule has 13 heteroatoms. The van der Waals surface area contributed by atoms with E-state index in [1.54, 1.807) is 24.1 Å². The zero-order valence-corrected chi connectivity index (χ0v) is 25.0. The van der Waals surface area contributed by atoms with Gasteiger partial charge in [-0.3, -0.25) is 14.3 Å². The highest BCUT2D eigenvalue weighted by Gasteiger charge is 2.27. The van der Waals surface area contributed by atoms with Gasteiger partial charge in [0.05, 0.1) is 37.6 Å². The molecular weight excluding hydrogens is 607 g/mol. The zero-order valence-electron chi connectivity index (χ0n) is 24.2. The fraction of sp³-hybridized carbons (Fsp3) is 0.250. The SMILES string of the molecule is C=CC(=O)N1CCn2nc(-c3nc(-c4ccc(=O)n(CC(F)F)c4)c4ccsc4c3-c3ccc(F)cc3OCCOC)cc2C1. The van der Waals surface area contributed by atoms with Crippen molar-refractivity contribution in [1.82, 2.24) is 24.2 Å². The molecule has 6 rings (SSSR count). The number of halogens is 3. The first-order valence-electron chi connectivity index (χ1n) is 14.1. The average molecular weight is 636 g/mol. The third-order valence-corrected chi connectivity index (χ3v) is 8.42. The third kappa shape index (κ3) is 6.00. The van der Waals surface area contributed by atoms with E-state index in [2.05, 4.69) is 6.58 Å². The molecule has 0 unspecified atom stereocenters. The van der Waals surface area contributed by atoms with Gasteiger partial charge in [0, 0.05) is 58.8 Å². The van der Waals surface area contributed by atoms with Gasteiger partial charge in [-0.2, -0.15) is 5.10 Å². The van der Waals surface area contributed by atoms with Crippen LogP contribution < -0.4 is 10.3 Å². The van der Waals surface area contributed by atoms with E-state index in [-0.39, 0.29) is 24.9 Å². The van der Waals surface area contributed by atoms with Crippen LogP contribution in [-0.2, 0) is 29.2 Å². The number of rotatable bonds is 10.